The van der Waals surface area contributed by atoms with Gasteiger partial charge in [0.25, 0.3) is 0 Å². The van der Waals surface area contributed by atoms with Crippen LogP contribution in [0, 0.1) is 0 Å². The Morgan fingerprint density at radius 1 is 1.10 bits per heavy atom. The fourth-order valence-corrected chi connectivity index (χ4v) is 6.20. The van der Waals surface area contributed by atoms with Gasteiger partial charge in [0.1, 0.15) is 17.5 Å². The third kappa shape index (κ3) is 3.61. The predicted molar refractivity (Wildman–Crippen MR) is 121 cm³/mol. The zero-order chi connectivity index (χ0) is 19.6. The van der Waals surface area contributed by atoms with Crippen LogP contribution in [0.1, 0.15) is 62.6 Å². The van der Waals surface area contributed by atoms with Crippen LogP contribution < -0.4 is 5.32 Å². The lowest BCUT2D eigenvalue weighted by atomic mass is 9.87. The van der Waals surface area contributed by atoms with Crippen LogP contribution in [0.5, 0.6) is 0 Å². The molecule has 0 bridgehead atoms. The van der Waals surface area contributed by atoms with Crippen LogP contribution in [-0.2, 0) is 6.42 Å². The molecule has 2 aromatic rings. The third-order valence-corrected chi connectivity index (χ3v) is 7.49. The molecule has 1 aromatic heterocycles. The van der Waals surface area contributed by atoms with Gasteiger partial charge in [-0.25, -0.2) is 9.97 Å². The van der Waals surface area contributed by atoms with Crippen LogP contribution in [0.2, 0.25) is 0 Å². The first-order valence-electron chi connectivity index (χ1n) is 10.9. The number of anilines is 1. The van der Waals surface area contributed by atoms with Gasteiger partial charge in [-0.3, -0.25) is 4.99 Å². The summed E-state index contributed by atoms with van der Waals surface area (Å²) in [6.45, 7) is 3.14. The van der Waals surface area contributed by atoms with Gasteiger partial charge in [-0.15, -0.1) is 0 Å². The summed E-state index contributed by atoms with van der Waals surface area (Å²) < 4.78 is 0. The number of hydrogen-bond acceptors (Lipinski definition) is 5. The average molecular weight is 405 g/mol. The van der Waals surface area contributed by atoms with Gasteiger partial charge < -0.3 is 5.32 Å². The largest absolute Gasteiger partial charge is 0.369 e. The second-order valence-corrected chi connectivity index (χ2v) is 9.25. The van der Waals surface area contributed by atoms with Crippen molar-refractivity contribution in [2.24, 2.45) is 4.99 Å². The summed E-state index contributed by atoms with van der Waals surface area (Å²) in [7, 11) is 0. The monoisotopic (exact) mass is 404 g/mol. The molecule has 2 atom stereocenters. The van der Waals surface area contributed by atoms with Crippen molar-refractivity contribution in [3.63, 3.8) is 0 Å². The van der Waals surface area contributed by atoms with Crippen molar-refractivity contribution in [1.82, 2.24) is 9.97 Å². The maximum Gasteiger partial charge on any atom is 0.143 e. The summed E-state index contributed by atoms with van der Waals surface area (Å²) in [5.74, 6) is 1.34. The number of thioether (sulfide) groups is 1. The molecule has 0 fully saturated rings. The highest BCUT2D eigenvalue weighted by Gasteiger charge is 2.43. The highest BCUT2D eigenvalue weighted by molar-refractivity contribution is 8.00. The number of benzene rings is 1. The van der Waals surface area contributed by atoms with Crippen molar-refractivity contribution in [3.05, 3.63) is 59.1 Å². The van der Waals surface area contributed by atoms with Gasteiger partial charge in [0.2, 0.25) is 0 Å². The molecule has 150 valence electrons. The molecule has 2 aliphatic heterocycles. The Balaban J connectivity index is 1.38. The smallest absolute Gasteiger partial charge is 0.143 e. The molecule has 0 radical (unpaired) electrons. The lowest BCUT2D eigenvalue weighted by Crippen LogP contribution is -2.21. The minimum absolute atomic E-state index is 0.250. The molecule has 1 aromatic carbocycles. The van der Waals surface area contributed by atoms with E-state index >= 15 is 0 Å². The maximum atomic E-state index is 5.23. The highest BCUT2D eigenvalue weighted by atomic mass is 32.2. The Bertz CT molecular complexity index is 951. The maximum absolute atomic E-state index is 5.23. The fraction of sp³-hybridized carbons (Fsp3) is 0.458. The van der Waals surface area contributed by atoms with E-state index in [1.54, 1.807) is 17.5 Å². The predicted octanol–water partition coefficient (Wildman–Crippen LogP) is 5.77. The van der Waals surface area contributed by atoms with Crippen LogP contribution >= 0.6 is 11.8 Å². The van der Waals surface area contributed by atoms with Crippen molar-refractivity contribution in [3.8, 4) is 0 Å². The molecule has 29 heavy (non-hydrogen) atoms. The fourth-order valence-electron chi connectivity index (χ4n) is 4.81. The standard InChI is InChI=1S/C24H28N4S/c1-2-3-12-19-17-10-7-11-18(17)20-21-22(29-24(20)28-19)23(27-15-26-21)25-14-13-16-8-5-4-6-9-16/h4-6,8-9,15,20,24H,2-3,7,10-14H2,1H3,(H,25,26,27). The van der Waals surface area contributed by atoms with Crippen LogP contribution in [0.15, 0.2) is 57.7 Å². The molecule has 0 saturated heterocycles. The van der Waals surface area contributed by atoms with E-state index in [9.17, 15) is 0 Å². The van der Waals surface area contributed by atoms with Gasteiger partial charge in [-0.1, -0.05) is 61.0 Å². The van der Waals surface area contributed by atoms with E-state index in [2.05, 4.69) is 47.6 Å². The Kier molecular flexibility index (Phi) is 5.40. The molecule has 0 spiro atoms. The van der Waals surface area contributed by atoms with E-state index in [0.29, 0.717) is 5.92 Å². The second-order valence-electron chi connectivity index (χ2n) is 8.12. The SMILES string of the molecule is CCCCC1=NC2Sc3c(NCCc4ccccc4)ncnc3C2C2=C1CCC2. The lowest BCUT2D eigenvalue weighted by molar-refractivity contribution is 0.694. The van der Waals surface area contributed by atoms with E-state index in [-0.39, 0.29) is 5.37 Å². The molecular weight excluding hydrogens is 376 g/mol. The van der Waals surface area contributed by atoms with Crippen molar-refractivity contribution in [2.75, 3.05) is 11.9 Å². The topological polar surface area (TPSA) is 50.2 Å². The van der Waals surface area contributed by atoms with Crippen molar-refractivity contribution >= 4 is 23.3 Å². The Hall–Kier alpha value is -2.14. The van der Waals surface area contributed by atoms with Gasteiger partial charge in [-0.05, 0) is 49.7 Å². The first-order chi connectivity index (χ1) is 14.3. The number of unbranched alkanes of at least 4 members (excludes halogenated alkanes) is 1. The molecule has 0 amide bonds. The molecule has 5 heteroatoms. The summed E-state index contributed by atoms with van der Waals surface area (Å²) in [4.78, 5) is 15.8. The van der Waals surface area contributed by atoms with Crippen LogP contribution in [0.4, 0.5) is 5.82 Å². The number of nitrogens with one attached hydrogen (secondary N) is 1. The van der Waals surface area contributed by atoms with E-state index in [1.807, 2.05) is 11.8 Å². The minimum Gasteiger partial charge on any atom is -0.369 e. The summed E-state index contributed by atoms with van der Waals surface area (Å²) in [5, 5.41) is 3.82. The van der Waals surface area contributed by atoms with Gasteiger partial charge >= 0.3 is 0 Å². The average Bonchev–Trinajstić information content (AvgIpc) is 3.37. The van der Waals surface area contributed by atoms with Crippen LogP contribution in [-0.4, -0.2) is 27.6 Å². The quantitative estimate of drug-likeness (QED) is 0.636. The van der Waals surface area contributed by atoms with Gasteiger partial charge in [-0.2, -0.15) is 0 Å². The molecule has 1 aliphatic carbocycles. The number of fused-ring (bicyclic) bond motifs is 4. The summed E-state index contributed by atoms with van der Waals surface area (Å²) in [6.07, 6.45) is 10.00. The lowest BCUT2D eigenvalue weighted by Gasteiger charge is -2.26. The number of aromatic nitrogens is 2. The molecule has 3 aliphatic rings. The number of rotatable bonds is 7. The Morgan fingerprint density at radius 2 is 2.00 bits per heavy atom. The molecular formula is C24H28N4S. The normalized spacial score (nSPS) is 22.2. The van der Waals surface area contributed by atoms with Gasteiger partial charge in [0, 0.05) is 12.3 Å². The number of hydrogen-bond donors (Lipinski definition) is 1. The van der Waals surface area contributed by atoms with E-state index in [0.717, 1.165) is 25.2 Å². The van der Waals surface area contributed by atoms with E-state index in [1.165, 1.54) is 54.0 Å². The van der Waals surface area contributed by atoms with Crippen LogP contribution in [0.25, 0.3) is 0 Å². The number of aliphatic imine (C=N–C) groups is 1. The summed E-state index contributed by atoms with van der Waals surface area (Å²) >= 11 is 1.87. The zero-order valence-corrected chi connectivity index (χ0v) is 17.8. The molecule has 3 heterocycles. The summed E-state index contributed by atoms with van der Waals surface area (Å²) in [6, 6.07) is 10.6. The van der Waals surface area contributed by atoms with Gasteiger partial charge in [0.05, 0.1) is 16.5 Å². The van der Waals surface area contributed by atoms with E-state index in [4.69, 9.17) is 9.98 Å². The molecule has 4 nitrogen and oxygen atoms in total. The molecule has 2 unspecified atom stereocenters. The molecule has 1 N–H and O–H groups in total. The van der Waals surface area contributed by atoms with Crippen LogP contribution in [0.3, 0.4) is 0 Å². The first-order valence-corrected chi connectivity index (χ1v) is 11.8. The number of nitrogens with zero attached hydrogens (tertiary/aromatic N) is 3. The third-order valence-electron chi connectivity index (χ3n) is 6.23. The summed E-state index contributed by atoms with van der Waals surface area (Å²) in [5.41, 5.74) is 7.11. The minimum atomic E-state index is 0.250. The second kappa shape index (κ2) is 8.31. The number of dihydropyridines is 1. The van der Waals surface area contributed by atoms with E-state index < -0.39 is 0 Å². The van der Waals surface area contributed by atoms with Gasteiger partial charge in [0.15, 0.2) is 0 Å². The Labute approximate surface area is 177 Å². The van der Waals surface area contributed by atoms with Crippen molar-refractivity contribution in [2.45, 2.75) is 68.1 Å². The molecule has 5 rings (SSSR count). The highest BCUT2D eigenvalue weighted by Crippen LogP contribution is 2.55. The zero-order valence-electron chi connectivity index (χ0n) is 17.0. The molecule has 0 saturated carbocycles. The first kappa shape index (κ1) is 18.9. The number of allylic oxidation sites excluding steroid dienone is 1. The Morgan fingerprint density at radius 3 is 2.86 bits per heavy atom. The van der Waals surface area contributed by atoms with Crippen molar-refractivity contribution in [1.29, 1.82) is 0 Å². The van der Waals surface area contributed by atoms with Crippen molar-refractivity contribution < 1.29 is 0 Å².